The lowest BCUT2D eigenvalue weighted by Crippen LogP contribution is -2.52. The van der Waals surface area contributed by atoms with Gasteiger partial charge in [-0.1, -0.05) is 12.1 Å². The molecule has 1 unspecified atom stereocenters. The molecule has 2 nitrogen and oxygen atoms in total. The Hall–Kier alpha value is -1.44. The van der Waals surface area contributed by atoms with Crippen molar-refractivity contribution in [2.24, 2.45) is 0 Å². The predicted molar refractivity (Wildman–Crippen MR) is 56.7 cm³/mol. The van der Waals surface area contributed by atoms with Gasteiger partial charge in [0.2, 0.25) is 0 Å². The molecule has 2 N–H and O–H groups in total. The first-order valence-corrected chi connectivity index (χ1v) is 5.10. The van der Waals surface area contributed by atoms with Crippen LogP contribution in [0.1, 0.15) is 11.1 Å². The fraction of sp³-hybridized carbons (Fsp3) is 0.455. The fourth-order valence-corrected chi connectivity index (χ4v) is 1.67. The molecule has 0 spiro atoms. The van der Waals surface area contributed by atoms with E-state index in [1.807, 2.05) is 0 Å². The molecule has 8 heteroatoms. The summed E-state index contributed by atoms with van der Waals surface area (Å²) >= 11 is 0. The van der Waals surface area contributed by atoms with Crippen LogP contribution in [-0.2, 0) is 5.67 Å². The summed E-state index contributed by atoms with van der Waals surface area (Å²) in [4.78, 5) is 0. The highest BCUT2D eigenvalue weighted by Gasteiger charge is 2.72. The fourth-order valence-electron chi connectivity index (χ4n) is 1.67. The van der Waals surface area contributed by atoms with Gasteiger partial charge in [0.25, 0.3) is 0 Å². The summed E-state index contributed by atoms with van der Waals surface area (Å²) in [6.45, 7) is 1.32. The van der Waals surface area contributed by atoms with Gasteiger partial charge in [-0.3, -0.25) is 0 Å². The number of nitrogens with one attached hydrogen (secondary N) is 1. The van der Waals surface area contributed by atoms with Crippen LogP contribution in [0.4, 0.5) is 32.0 Å². The second-order valence-corrected chi connectivity index (χ2v) is 3.98. The van der Waals surface area contributed by atoms with E-state index < -0.39 is 23.5 Å². The van der Waals surface area contributed by atoms with Crippen molar-refractivity contribution in [3.05, 3.63) is 29.3 Å². The van der Waals surface area contributed by atoms with E-state index in [9.17, 15) is 26.3 Å². The van der Waals surface area contributed by atoms with E-state index in [1.165, 1.54) is 14.0 Å². The molecule has 0 saturated heterocycles. The molecule has 0 amide bonds. The Labute approximate surface area is 105 Å². The van der Waals surface area contributed by atoms with Crippen molar-refractivity contribution in [1.82, 2.24) is 0 Å². The van der Waals surface area contributed by atoms with Crippen molar-refractivity contribution >= 4 is 5.69 Å². The molecule has 0 bridgehead atoms. The predicted octanol–water partition coefficient (Wildman–Crippen LogP) is 3.35. The van der Waals surface area contributed by atoms with Crippen molar-refractivity contribution in [1.29, 1.82) is 0 Å². The third-order valence-corrected chi connectivity index (χ3v) is 2.70. The van der Waals surface area contributed by atoms with Crippen molar-refractivity contribution in [2.45, 2.75) is 24.9 Å². The summed E-state index contributed by atoms with van der Waals surface area (Å²) in [6, 6.07) is 2.19. The number of halogens is 6. The lowest BCUT2D eigenvalue weighted by Gasteiger charge is -2.32. The van der Waals surface area contributed by atoms with Gasteiger partial charge < -0.3 is 10.4 Å². The first-order chi connectivity index (χ1) is 8.45. The summed E-state index contributed by atoms with van der Waals surface area (Å²) in [5.74, 6) is 0. The summed E-state index contributed by atoms with van der Waals surface area (Å²) in [6.07, 6.45) is -11.5. The quantitative estimate of drug-likeness (QED) is 0.836. The van der Waals surface area contributed by atoms with Crippen LogP contribution in [0, 0.1) is 6.92 Å². The zero-order valence-corrected chi connectivity index (χ0v) is 9.95. The van der Waals surface area contributed by atoms with Gasteiger partial charge in [-0.05, 0) is 18.6 Å². The molecule has 0 saturated carbocycles. The van der Waals surface area contributed by atoms with E-state index in [-0.39, 0.29) is 5.56 Å². The van der Waals surface area contributed by atoms with Gasteiger partial charge in [0.15, 0.2) is 0 Å². The molecule has 1 atom stereocenters. The van der Waals surface area contributed by atoms with Crippen molar-refractivity contribution < 1.29 is 31.4 Å². The van der Waals surface area contributed by atoms with Crippen LogP contribution >= 0.6 is 0 Å². The number of rotatable bonds is 3. The average Bonchev–Trinajstić information content (AvgIpc) is 2.24. The molecule has 0 aliphatic carbocycles. The maximum absolute atomic E-state index is 13.8. The number of aliphatic hydroxyl groups is 1. The van der Waals surface area contributed by atoms with Crippen LogP contribution in [-0.4, -0.2) is 24.4 Å². The third kappa shape index (κ3) is 2.49. The van der Waals surface area contributed by atoms with Crippen LogP contribution in [0.15, 0.2) is 18.2 Å². The van der Waals surface area contributed by atoms with Crippen LogP contribution in [0.5, 0.6) is 0 Å². The topological polar surface area (TPSA) is 32.3 Å². The molecular weight excluding hydrogens is 276 g/mol. The van der Waals surface area contributed by atoms with E-state index in [0.29, 0.717) is 17.8 Å². The SMILES string of the molecule is CNc1ccc(C(F)(C(O)(F)F)C(F)(F)F)cc1C. The second-order valence-electron chi connectivity index (χ2n) is 3.98. The molecular formula is C11H11F6NO. The number of hydrogen-bond acceptors (Lipinski definition) is 2. The Kier molecular flexibility index (Phi) is 3.77. The highest BCUT2D eigenvalue weighted by molar-refractivity contribution is 5.52. The van der Waals surface area contributed by atoms with Gasteiger partial charge in [-0.15, -0.1) is 0 Å². The van der Waals surface area contributed by atoms with Crippen LogP contribution < -0.4 is 5.32 Å². The van der Waals surface area contributed by atoms with Crippen LogP contribution in [0.25, 0.3) is 0 Å². The smallest absolute Gasteiger partial charge is 0.388 e. The zero-order chi connectivity index (χ0) is 15.1. The Balaban J connectivity index is 3.48. The number of aryl methyl sites for hydroxylation is 1. The minimum Gasteiger partial charge on any atom is -0.388 e. The lowest BCUT2D eigenvalue weighted by molar-refractivity contribution is -0.375. The van der Waals surface area contributed by atoms with Gasteiger partial charge in [0, 0.05) is 18.3 Å². The van der Waals surface area contributed by atoms with Gasteiger partial charge in [0.1, 0.15) is 0 Å². The van der Waals surface area contributed by atoms with E-state index in [4.69, 9.17) is 5.11 Å². The Morgan fingerprint density at radius 1 is 1.05 bits per heavy atom. The molecule has 0 fully saturated rings. The standard InChI is InChI=1S/C11H11F6NO/c1-6-5-7(3-4-8(6)18-2)9(12,10(13,14)15)11(16,17)19/h3-5,18-19H,1-2H3. The Morgan fingerprint density at radius 2 is 1.58 bits per heavy atom. The molecule has 1 rings (SSSR count). The van der Waals surface area contributed by atoms with Gasteiger partial charge in [-0.25, -0.2) is 4.39 Å². The zero-order valence-electron chi connectivity index (χ0n) is 9.95. The number of hydrogen-bond donors (Lipinski definition) is 2. The van der Waals surface area contributed by atoms with Gasteiger partial charge in [-0.2, -0.15) is 22.0 Å². The molecule has 0 aromatic heterocycles. The first-order valence-electron chi connectivity index (χ1n) is 5.10. The second kappa shape index (κ2) is 4.59. The van der Waals surface area contributed by atoms with E-state index in [2.05, 4.69) is 5.32 Å². The Bertz CT molecular complexity index is 451. The summed E-state index contributed by atoms with van der Waals surface area (Å²) in [5, 5.41) is 10.9. The maximum Gasteiger partial charge on any atom is 0.435 e. The molecule has 0 aliphatic heterocycles. The van der Waals surface area contributed by atoms with Crippen LogP contribution in [0.3, 0.4) is 0 Å². The first kappa shape index (κ1) is 15.6. The van der Waals surface area contributed by atoms with E-state index in [1.54, 1.807) is 0 Å². The summed E-state index contributed by atoms with van der Waals surface area (Å²) in [5.41, 5.74) is -6.02. The van der Waals surface area contributed by atoms with E-state index >= 15 is 0 Å². The highest BCUT2D eigenvalue weighted by Crippen LogP contribution is 2.51. The summed E-state index contributed by atoms with van der Waals surface area (Å²) < 4.78 is 76.9. The normalized spacial score (nSPS) is 16.1. The van der Waals surface area contributed by atoms with Crippen molar-refractivity contribution in [3.8, 4) is 0 Å². The van der Waals surface area contributed by atoms with Crippen molar-refractivity contribution in [3.63, 3.8) is 0 Å². The van der Waals surface area contributed by atoms with E-state index in [0.717, 1.165) is 6.07 Å². The summed E-state index contributed by atoms with van der Waals surface area (Å²) in [7, 11) is 1.47. The molecule has 19 heavy (non-hydrogen) atoms. The van der Waals surface area contributed by atoms with Gasteiger partial charge >= 0.3 is 18.0 Å². The minimum atomic E-state index is -5.96. The maximum atomic E-state index is 13.8. The number of benzene rings is 1. The average molecular weight is 287 g/mol. The largest absolute Gasteiger partial charge is 0.435 e. The molecule has 1 aromatic carbocycles. The molecule has 108 valence electrons. The highest BCUT2D eigenvalue weighted by atomic mass is 19.4. The number of anilines is 1. The minimum absolute atomic E-state index is 0.135. The monoisotopic (exact) mass is 287 g/mol. The molecule has 0 aliphatic rings. The Morgan fingerprint density at radius 3 is 1.89 bits per heavy atom. The third-order valence-electron chi connectivity index (χ3n) is 2.70. The molecule has 0 heterocycles. The lowest BCUT2D eigenvalue weighted by atomic mass is 9.92. The molecule has 0 radical (unpaired) electrons. The van der Waals surface area contributed by atoms with Crippen molar-refractivity contribution in [2.75, 3.05) is 12.4 Å². The van der Waals surface area contributed by atoms with Crippen LogP contribution in [0.2, 0.25) is 0 Å². The van der Waals surface area contributed by atoms with Gasteiger partial charge in [0.05, 0.1) is 0 Å². The molecule has 1 aromatic rings. The number of alkyl halides is 6.